The largest absolute Gasteiger partial charge is 0.296 e. The first-order valence-corrected chi connectivity index (χ1v) is 10.0. The van der Waals surface area contributed by atoms with Gasteiger partial charge in [0.05, 0.1) is 16.3 Å². The predicted octanol–water partition coefficient (Wildman–Crippen LogP) is 3.32. The monoisotopic (exact) mass is 364 g/mol. The number of hydrogen-bond acceptors (Lipinski definition) is 3. The number of benzene rings is 1. The van der Waals surface area contributed by atoms with Crippen LogP contribution >= 0.6 is 23.2 Å². The standard InChI is InChI=1S/C15H22Cl2N2O2S/c1-11(13-5-6-14(16)15(17)8-13)19-7-3-4-12(10-19)9-18-22(2,20)21/h5-6,8,11-12,18H,3-4,7,9-10H2,1-2H3/t11-,12-/m1/s1. The van der Waals surface area contributed by atoms with Crippen LogP contribution in [0, 0.1) is 5.92 Å². The number of sulfonamides is 1. The molecule has 1 aromatic carbocycles. The van der Waals surface area contributed by atoms with Crippen LogP contribution in [0.1, 0.15) is 31.4 Å². The van der Waals surface area contributed by atoms with E-state index in [0.29, 0.717) is 22.5 Å². The average molecular weight is 365 g/mol. The van der Waals surface area contributed by atoms with E-state index in [4.69, 9.17) is 23.2 Å². The van der Waals surface area contributed by atoms with Crippen molar-refractivity contribution in [3.8, 4) is 0 Å². The first-order valence-electron chi connectivity index (χ1n) is 7.40. The number of rotatable bonds is 5. The zero-order valence-electron chi connectivity index (χ0n) is 12.9. The van der Waals surface area contributed by atoms with E-state index in [2.05, 4.69) is 16.5 Å². The first kappa shape index (κ1) is 18.0. The second-order valence-corrected chi connectivity index (χ2v) is 8.62. The Balaban J connectivity index is 2.00. The topological polar surface area (TPSA) is 49.4 Å². The summed E-state index contributed by atoms with van der Waals surface area (Å²) in [5.74, 6) is 0.341. The molecule has 0 spiro atoms. The third-order valence-corrected chi connectivity index (χ3v) is 5.59. The highest BCUT2D eigenvalue weighted by molar-refractivity contribution is 7.88. The second kappa shape index (κ2) is 7.49. The Morgan fingerprint density at radius 2 is 2.09 bits per heavy atom. The molecular formula is C15H22Cl2N2O2S. The van der Waals surface area contributed by atoms with Gasteiger partial charge in [-0.2, -0.15) is 0 Å². The highest BCUT2D eigenvalue weighted by Crippen LogP contribution is 2.30. The summed E-state index contributed by atoms with van der Waals surface area (Å²) >= 11 is 12.1. The van der Waals surface area contributed by atoms with Gasteiger partial charge >= 0.3 is 0 Å². The lowest BCUT2D eigenvalue weighted by Crippen LogP contribution is -2.41. The molecule has 2 atom stereocenters. The van der Waals surface area contributed by atoms with Crippen LogP contribution < -0.4 is 4.72 Å². The molecule has 1 heterocycles. The number of hydrogen-bond donors (Lipinski definition) is 1. The molecule has 1 saturated heterocycles. The quantitative estimate of drug-likeness (QED) is 0.871. The molecule has 0 bridgehead atoms. The second-order valence-electron chi connectivity index (χ2n) is 5.97. The fraction of sp³-hybridized carbons (Fsp3) is 0.600. The number of halogens is 2. The molecule has 0 radical (unpaired) electrons. The summed E-state index contributed by atoms with van der Waals surface area (Å²) in [5.41, 5.74) is 1.13. The normalized spacial score (nSPS) is 21.7. The highest BCUT2D eigenvalue weighted by atomic mass is 35.5. The van der Waals surface area contributed by atoms with Crippen LogP contribution in [0.3, 0.4) is 0 Å². The van der Waals surface area contributed by atoms with E-state index in [1.165, 1.54) is 6.26 Å². The molecule has 1 N–H and O–H groups in total. The average Bonchev–Trinajstić information content (AvgIpc) is 2.47. The lowest BCUT2D eigenvalue weighted by Gasteiger charge is -2.37. The van der Waals surface area contributed by atoms with Crippen LogP contribution in [-0.2, 0) is 10.0 Å². The maximum atomic E-state index is 11.2. The van der Waals surface area contributed by atoms with Crippen molar-refractivity contribution in [2.75, 3.05) is 25.9 Å². The van der Waals surface area contributed by atoms with Crippen molar-refractivity contribution in [1.82, 2.24) is 9.62 Å². The molecule has 1 aromatic rings. The molecule has 7 heteroatoms. The Morgan fingerprint density at radius 3 is 2.73 bits per heavy atom. The van der Waals surface area contributed by atoms with Crippen LogP contribution in [0.25, 0.3) is 0 Å². The van der Waals surface area contributed by atoms with E-state index < -0.39 is 10.0 Å². The third kappa shape index (κ3) is 5.10. The minimum absolute atomic E-state index is 0.232. The number of piperidine rings is 1. The van der Waals surface area contributed by atoms with Gasteiger partial charge in [-0.25, -0.2) is 13.1 Å². The molecule has 0 saturated carbocycles. The van der Waals surface area contributed by atoms with E-state index in [1.807, 2.05) is 18.2 Å². The van der Waals surface area contributed by atoms with Crippen LogP contribution in [-0.4, -0.2) is 39.2 Å². The smallest absolute Gasteiger partial charge is 0.208 e. The van der Waals surface area contributed by atoms with E-state index in [0.717, 1.165) is 31.5 Å². The van der Waals surface area contributed by atoms with Gasteiger partial charge in [0.25, 0.3) is 0 Å². The van der Waals surface area contributed by atoms with E-state index >= 15 is 0 Å². The number of nitrogens with zero attached hydrogens (tertiary/aromatic N) is 1. The molecule has 0 aliphatic carbocycles. The molecule has 0 unspecified atom stereocenters. The van der Waals surface area contributed by atoms with Crippen molar-refractivity contribution in [3.63, 3.8) is 0 Å². The molecule has 2 rings (SSSR count). The Kier molecular flexibility index (Phi) is 6.14. The van der Waals surface area contributed by atoms with E-state index in [-0.39, 0.29) is 6.04 Å². The van der Waals surface area contributed by atoms with Crippen molar-refractivity contribution in [3.05, 3.63) is 33.8 Å². The summed E-state index contributed by atoms with van der Waals surface area (Å²) in [4.78, 5) is 2.37. The van der Waals surface area contributed by atoms with Gasteiger partial charge in [0.15, 0.2) is 0 Å². The zero-order chi connectivity index (χ0) is 16.3. The van der Waals surface area contributed by atoms with E-state index in [9.17, 15) is 8.42 Å². The molecule has 0 aromatic heterocycles. The van der Waals surface area contributed by atoms with Gasteiger partial charge in [-0.15, -0.1) is 0 Å². The summed E-state index contributed by atoms with van der Waals surface area (Å²) in [6, 6.07) is 5.96. The molecule has 4 nitrogen and oxygen atoms in total. The maximum Gasteiger partial charge on any atom is 0.208 e. The van der Waals surface area contributed by atoms with Crippen LogP contribution in [0.4, 0.5) is 0 Å². The minimum Gasteiger partial charge on any atom is -0.296 e. The number of likely N-dealkylation sites (tertiary alicyclic amines) is 1. The van der Waals surface area contributed by atoms with Crippen LogP contribution in [0.2, 0.25) is 10.0 Å². The Bertz CT molecular complexity index is 622. The Morgan fingerprint density at radius 1 is 1.36 bits per heavy atom. The Labute approximate surface area is 142 Å². The lowest BCUT2D eigenvalue weighted by atomic mass is 9.95. The summed E-state index contributed by atoms with van der Waals surface area (Å²) in [5, 5.41) is 1.13. The van der Waals surface area contributed by atoms with Crippen LogP contribution in [0.5, 0.6) is 0 Å². The maximum absolute atomic E-state index is 11.2. The Hall–Kier alpha value is -0.330. The van der Waals surface area contributed by atoms with Gasteiger partial charge in [-0.05, 0) is 49.9 Å². The van der Waals surface area contributed by atoms with Crippen molar-refractivity contribution in [2.45, 2.75) is 25.8 Å². The van der Waals surface area contributed by atoms with Gasteiger partial charge in [0.2, 0.25) is 10.0 Å². The molecule has 0 amide bonds. The predicted molar refractivity (Wildman–Crippen MR) is 92.0 cm³/mol. The van der Waals surface area contributed by atoms with Crippen molar-refractivity contribution < 1.29 is 8.42 Å². The fourth-order valence-electron chi connectivity index (χ4n) is 2.87. The molecule has 1 fully saturated rings. The van der Waals surface area contributed by atoms with Crippen molar-refractivity contribution in [1.29, 1.82) is 0 Å². The van der Waals surface area contributed by atoms with Gasteiger partial charge in [-0.3, -0.25) is 4.90 Å². The van der Waals surface area contributed by atoms with Gasteiger partial charge in [-0.1, -0.05) is 29.3 Å². The zero-order valence-corrected chi connectivity index (χ0v) is 15.2. The highest BCUT2D eigenvalue weighted by Gasteiger charge is 2.25. The van der Waals surface area contributed by atoms with Gasteiger partial charge in [0, 0.05) is 19.1 Å². The molecule has 22 heavy (non-hydrogen) atoms. The van der Waals surface area contributed by atoms with Crippen LogP contribution in [0.15, 0.2) is 18.2 Å². The fourth-order valence-corrected chi connectivity index (χ4v) is 3.71. The van der Waals surface area contributed by atoms with Gasteiger partial charge < -0.3 is 0 Å². The van der Waals surface area contributed by atoms with Crippen molar-refractivity contribution in [2.24, 2.45) is 5.92 Å². The van der Waals surface area contributed by atoms with E-state index in [1.54, 1.807) is 0 Å². The third-order valence-electron chi connectivity index (χ3n) is 4.16. The minimum atomic E-state index is -3.12. The molecule has 124 valence electrons. The summed E-state index contributed by atoms with van der Waals surface area (Å²) in [6.07, 6.45) is 3.32. The summed E-state index contributed by atoms with van der Waals surface area (Å²) in [7, 11) is -3.12. The SMILES string of the molecule is C[C@H](c1ccc(Cl)c(Cl)c1)N1CCC[C@H](CNS(C)(=O)=O)C1. The first-order chi connectivity index (χ1) is 10.3. The molecule has 1 aliphatic heterocycles. The summed E-state index contributed by atoms with van der Waals surface area (Å²) in [6.45, 7) is 4.54. The molecule has 1 aliphatic rings. The lowest BCUT2D eigenvalue weighted by molar-refractivity contribution is 0.133. The van der Waals surface area contributed by atoms with Gasteiger partial charge in [0.1, 0.15) is 0 Å². The molecular weight excluding hydrogens is 343 g/mol. The number of nitrogens with one attached hydrogen (secondary N) is 1. The summed E-state index contributed by atoms with van der Waals surface area (Å²) < 4.78 is 25.1. The van der Waals surface area contributed by atoms with Crippen molar-refractivity contribution >= 4 is 33.2 Å².